The topological polar surface area (TPSA) is 119 Å². The van der Waals surface area contributed by atoms with E-state index in [1.807, 2.05) is 0 Å². The second kappa shape index (κ2) is 8.05. The fourth-order valence-electron chi connectivity index (χ4n) is 4.54. The largest absolute Gasteiger partial charge is 0.396 e. The van der Waals surface area contributed by atoms with E-state index in [9.17, 15) is 27.5 Å². The second-order valence-corrected chi connectivity index (χ2v) is 10.4. The minimum atomic E-state index is -3.14. The molecule has 12 heteroatoms. The molecule has 0 saturated heterocycles. The molecule has 1 N–H and O–H groups in total. The molecule has 2 aliphatic rings. The molecular formula is C22H26FN5O5S. The van der Waals surface area contributed by atoms with Crippen molar-refractivity contribution in [2.45, 2.75) is 44.3 Å². The van der Waals surface area contributed by atoms with Crippen LogP contribution in [0.1, 0.15) is 31.2 Å². The molecule has 2 saturated carbocycles. The number of aliphatic hydroxyl groups is 1. The van der Waals surface area contributed by atoms with Crippen LogP contribution >= 0.6 is 0 Å². The number of aliphatic hydroxyl groups excluding tert-OH is 1. The van der Waals surface area contributed by atoms with Crippen LogP contribution in [0.4, 0.5) is 10.1 Å². The molecule has 2 fully saturated rings. The number of aromatic nitrogens is 4. The average Bonchev–Trinajstić information content (AvgIpc) is 3.73. The molecule has 1 aromatic carbocycles. The Morgan fingerprint density at radius 2 is 1.91 bits per heavy atom. The number of anilines is 1. The van der Waals surface area contributed by atoms with Crippen molar-refractivity contribution in [1.29, 1.82) is 0 Å². The van der Waals surface area contributed by atoms with Crippen molar-refractivity contribution in [3.05, 3.63) is 57.0 Å². The number of aryl methyl sites for hydroxylation is 1. The van der Waals surface area contributed by atoms with Crippen molar-refractivity contribution in [2.24, 2.45) is 12.5 Å². The molecule has 3 aromatic rings. The van der Waals surface area contributed by atoms with Gasteiger partial charge >= 0.3 is 5.69 Å². The molecule has 2 heterocycles. The van der Waals surface area contributed by atoms with E-state index < -0.39 is 39.8 Å². The number of alkyl halides is 1. The van der Waals surface area contributed by atoms with Crippen LogP contribution in [0, 0.1) is 5.41 Å². The fraction of sp³-hybridized carbons (Fsp3) is 0.500. The van der Waals surface area contributed by atoms with Gasteiger partial charge in [-0.3, -0.25) is 22.9 Å². The minimum absolute atomic E-state index is 0.00818. The van der Waals surface area contributed by atoms with Crippen LogP contribution in [-0.4, -0.2) is 51.3 Å². The number of rotatable bonds is 9. The first-order chi connectivity index (χ1) is 16.2. The van der Waals surface area contributed by atoms with Gasteiger partial charge in [0.05, 0.1) is 41.5 Å². The van der Waals surface area contributed by atoms with E-state index in [1.165, 1.54) is 22.8 Å². The molecule has 0 amide bonds. The lowest BCUT2D eigenvalue weighted by atomic mass is 10.1. The zero-order valence-electron chi connectivity index (χ0n) is 18.7. The Morgan fingerprint density at radius 1 is 1.18 bits per heavy atom. The molecule has 2 aromatic heterocycles. The van der Waals surface area contributed by atoms with Gasteiger partial charge in [-0.25, -0.2) is 17.6 Å². The van der Waals surface area contributed by atoms with Crippen molar-refractivity contribution in [2.75, 3.05) is 17.6 Å². The maximum Gasteiger partial charge on any atom is 0.331 e. The van der Waals surface area contributed by atoms with Crippen LogP contribution in [0.5, 0.6) is 0 Å². The highest BCUT2D eigenvalue weighted by Gasteiger charge is 2.50. The fourth-order valence-corrected chi connectivity index (χ4v) is 5.45. The highest BCUT2D eigenvalue weighted by atomic mass is 32.2. The van der Waals surface area contributed by atoms with Gasteiger partial charge in [0.15, 0.2) is 0 Å². The molecule has 0 bridgehead atoms. The van der Waals surface area contributed by atoms with Crippen LogP contribution in [-0.2, 0) is 31.0 Å². The van der Waals surface area contributed by atoms with Crippen LogP contribution in [0.3, 0.4) is 0 Å². The van der Waals surface area contributed by atoms with Gasteiger partial charge < -0.3 is 5.11 Å². The summed E-state index contributed by atoms with van der Waals surface area (Å²) in [5, 5.41) is 14.1. The number of nitrogens with zero attached hydrogens (tertiary/aromatic N) is 5. The zero-order valence-corrected chi connectivity index (χ0v) is 19.6. The van der Waals surface area contributed by atoms with Crippen molar-refractivity contribution in [1.82, 2.24) is 18.9 Å². The highest BCUT2D eigenvalue weighted by molar-refractivity contribution is 7.74. The monoisotopic (exact) mass is 491 g/mol. The summed E-state index contributed by atoms with van der Waals surface area (Å²) < 4.78 is 43.0. The number of benzene rings is 1. The number of hydrogen-bond donors (Lipinski definition) is 2. The third kappa shape index (κ3) is 3.74. The lowest BCUT2D eigenvalue weighted by Gasteiger charge is -2.26. The number of halogens is 1. The summed E-state index contributed by atoms with van der Waals surface area (Å²) in [7, 11) is -1.41. The number of hydrogen-bond acceptors (Lipinski definition) is 6. The van der Waals surface area contributed by atoms with E-state index in [4.69, 9.17) is 0 Å². The van der Waals surface area contributed by atoms with Crippen molar-refractivity contribution in [3.63, 3.8) is 0 Å². The number of thiol groups is 1. The molecule has 34 heavy (non-hydrogen) atoms. The first-order valence-electron chi connectivity index (χ1n) is 11.1. The molecule has 0 unspecified atom stereocenters. The molecule has 10 nitrogen and oxygen atoms in total. The third-order valence-corrected chi connectivity index (χ3v) is 8.01. The normalized spacial score (nSPS) is 17.9. The van der Waals surface area contributed by atoms with E-state index in [2.05, 4.69) is 5.10 Å². The molecule has 0 radical (unpaired) electrons. The summed E-state index contributed by atoms with van der Waals surface area (Å²) in [4.78, 5) is 26.9. The second-order valence-electron chi connectivity index (χ2n) is 9.55. The molecular weight excluding hydrogens is 465 g/mol. The molecule has 0 spiro atoms. The molecule has 5 rings (SSSR count). The van der Waals surface area contributed by atoms with E-state index in [-0.39, 0.29) is 30.8 Å². The zero-order chi connectivity index (χ0) is 24.3. The van der Waals surface area contributed by atoms with E-state index in [1.54, 1.807) is 24.1 Å². The molecule has 182 valence electrons. The van der Waals surface area contributed by atoms with Gasteiger partial charge in [-0.05, 0) is 43.9 Å². The predicted molar refractivity (Wildman–Crippen MR) is 124 cm³/mol. The Labute approximate surface area is 195 Å². The van der Waals surface area contributed by atoms with Gasteiger partial charge in [0, 0.05) is 30.8 Å². The lowest BCUT2D eigenvalue weighted by molar-refractivity contribution is 0.194. The lowest BCUT2D eigenvalue weighted by Crippen LogP contribution is -2.42. The van der Waals surface area contributed by atoms with Gasteiger partial charge in [-0.15, -0.1) is 0 Å². The van der Waals surface area contributed by atoms with Gasteiger partial charge in [0.25, 0.3) is 5.56 Å². The SMILES string of the molecule is Cn1cc(Cn2c(=O)c3cc(N([SH](=O)=O)C4(CF)CC4)ccc3n(CC3(CO)CC3)c2=O)cn1. The van der Waals surface area contributed by atoms with Gasteiger partial charge in [0.1, 0.15) is 6.67 Å². The molecule has 0 atom stereocenters. The predicted octanol–water partition coefficient (Wildman–Crippen LogP) is 0.552. The maximum absolute atomic E-state index is 13.7. The third-order valence-electron chi connectivity index (χ3n) is 7.03. The Kier molecular flexibility index (Phi) is 5.40. The van der Waals surface area contributed by atoms with Gasteiger partial charge in [-0.2, -0.15) is 5.10 Å². The Bertz CT molecular complexity index is 1460. The van der Waals surface area contributed by atoms with Gasteiger partial charge in [0.2, 0.25) is 10.9 Å². The van der Waals surface area contributed by atoms with E-state index in [0.29, 0.717) is 23.9 Å². The van der Waals surface area contributed by atoms with Crippen LogP contribution < -0.4 is 15.6 Å². The smallest absolute Gasteiger partial charge is 0.331 e. The summed E-state index contributed by atoms with van der Waals surface area (Å²) in [6, 6.07) is 4.46. The first-order valence-corrected chi connectivity index (χ1v) is 12.2. The highest BCUT2D eigenvalue weighted by Crippen LogP contribution is 2.47. The summed E-state index contributed by atoms with van der Waals surface area (Å²) in [6.07, 6.45) is 5.59. The standard InChI is InChI=1S/C22H26FN5O5S/c1-25-10-15(9-24-25)11-26-19(30)17-8-16(28(34(32)33)22(12-23)6-7-22)2-3-18(17)27(20(26)31)13-21(14-29)4-5-21/h2-3,8-10,29,34H,4-7,11-14H2,1H3. The Balaban J connectivity index is 1.71. The average molecular weight is 492 g/mol. The summed E-state index contributed by atoms with van der Waals surface area (Å²) >= 11 is 0. The van der Waals surface area contributed by atoms with E-state index >= 15 is 0 Å². The van der Waals surface area contributed by atoms with Crippen molar-refractivity contribution < 1.29 is 17.9 Å². The van der Waals surface area contributed by atoms with Crippen LogP contribution in [0.25, 0.3) is 10.9 Å². The summed E-state index contributed by atoms with van der Waals surface area (Å²) in [5.41, 5.74) is -1.40. The molecule has 0 aliphatic heterocycles. The van der Waals surface area contributed by atoms with Crippen LogP contribution in [0.2, 0.25) is 0 Å². The number of fused-ring (bicyclic) bond motifs is 1. The first kappa shape index (κ1) is 22.8. The molecule has 2 aliphatic carbocycles. The van der Waals surface area contributed by atoms with E-state index in [0.717, 1.165) is 21.7 Å². The quantitative estimate of drug-likeness (QED) is 0.422. The summed E-state index contributed by atoms with van der Waals surface area (Å²) in [6.45, 7) is -0.673. The Morgan fingerprint density at radius 3 is 2.44 bits per heavy atom. The van der Waals surface area contributed by atoms with Gasteiger partial charge in [-0.1, -0.05) is 0 Å². The summed E-state index contributed by atoms with van der Waals surface area (Å²) in [5.74, 6) is 0. The van der Waals surface area contributed by atoms with Crippen LogP contribution in [0.15, 0.2) is 40.2 Å². The van der Waals surface area contributed by atoms with Crippen molar-refractivity contribution >= 4 is 27.5 Å². The Hall–Kier alpha value is -2.99. The maximum atomic E-state index is 13.7. The minimum Gasteiger partial charge on any atom is -0.396 e. The van der Waals surface area contributed by atoms with Crippen molar-refractivity contribution in [3.8, 4) is 0 Å².